The van der Waals surface area contributed by atoms with E-state index in [1.165, 1.54) is 41.3 Å². The third-order valence-corrected chi connectivity index (χ3v) is 5.32. The molecule has 0 radical (unpaired) electrons. The van der Waals surface area contributed by atoms with Gasteiger partial charge in [-0.05, 0) is 48.4 Å². The van der Waals surface area contributed by atoms with Crippen molar-refractivity contribution < 1.29 is 23.9 Å². The van der Waals surface area contributed by atoms with E-state index in [2.05, 4.69) is 10.6 Å². The normalized spacial score (nSPS) is 23.5. The van der Waals surface area contributed by atoms with Crippen LogP contribution in [0.15, 0.2) is 48.5 Å². The van der Waals surface area contributed by atoms with Crippen LogP contribution in [-0.2, 0) is 16.0 Å². The van der Waals surface area contributed by atoms with Gasteiger partial charge < -0.3 is 20.6 Å². The van der Waals surface area contributed by atoms with Crippen LogP contribution in [0.2, 0.25) is 0 Å². The fraction of sp³-hybridized carbons (Fsp3) is 0.286. The monoisotopic (exact) mass is 397 g/mol. The van der Waals surface area contributed by atoms with Gasteiger partial charge in [-0.2, -0.15) is 0 Å². The molecule has 2 aromatic carbocycles. The molecule has 0 saturated carbocycles. The van der Waals surface area contributed by atoms with Crippen LogP contribution in [0.5, 0.6) is 5.75 Å². The zero-order chi connectivity index (χ0) is 20.5. The van der Waals surface area contributed by atoms with Crippen molar-refractivity contribution in [2.75, 3.05) is 6.54 Å². The molecule has 3 amide bonds. The number of hydrogen-bond acceptors (Lipinski definition) is 4. The van der Waals surface area contributed by atoms with Gasteiger partial charge >= 0.3 is 0 Å². The molecule has 7 nitrogen and oxygen atoms in total. The summed E-state index contributed by atoms with van der Waals surface area (Å²) in [5, 5.41) is 15.0. The summed E-state index contributed by atoms with van der Waals surface area (Å²) >= 11 is 0. The Hall–Kier alpha value is -3.42. The van der Waals surface area contributed by atoms with Crippen LogP contribution in [0.3, 0.4) is 0 Å². The number of amides is 3. The van der Waals surface area contributed by atoms with Crippen LogP contribution < -0.4 is 10.6 Å². The van der Waals surface area contributed by atoms with Crippen molar-refractivity contribution in [1.29, 1.82) is 0 Å². The maximum absolute atomic E-state index is 13.0. The van der Waals surface area contributed by atoms with Gasteiger partial charge in [-0.1, -0.05) is 12.1 Å². The first-order chi connectivity index (χ1) is 13.9. The Morgan fingerprint density at radius 1 is 1.14 bits per heavy atom. The van der Waals surface area contributed by atoms with Gasteiger partial charge in [-0.15, -0.1) is 0 Å². The number of benzene rings is 2. The van der Waals surface area contributed by atoms with E-state index in [1.54, 1.807) is 12.1 Å². The highest BCUT2D eigenvalue weighted by Crippen LogP contribution is 2.24. The van der Waals surface area contributed by atoms with Crippen molar-refractivity contribution in [2.45, 2.75) is 31.0 Å². The predicted molar refractivity (Wildman–Crippen MR) is 102 cm³/mol. The second-order valence-electron chi connectivity index (χ2n) is 7.35. The molecule has 2 aromatic rings. The first kappa shape index (κ1) is 18.9. The van der Waals surface area contributed by atoms with Gasteiger partial charge in [0.25, 0.3) is 5.91 Å². The number of piperazine rings is 1. The number of carbonyl (C=O) groups excluding carboxylic acids is 3. The Labute approximate surface area is 166 Å². The van der Waals surface area contributed by atoms with Crippen LogP contribution in [0.25, 0.3) is 0 Å². The SMILES string of the molecule is O=C(N[C@H]1C[C@H]2C(=O)N[C@@H](Cc3ccc(O)cc3)C(=O)N2C1)c1ccc(F)cc1. The van der Waals surface area contributed by atoms with Gasteiger partial charge in [0.15, 0.2) is 0 Å². The molecular weight excluding hydrogens is 377 g/mol. The molecule has 2 fully saturated rings. The number of phenols is 1. The third kappa shape index (κ3) is 3.91. The Bertz CT molecular complexity index is 945. The maximum Gasteiger partial charge on any atom is 0.251 e. The topological polar surface area (TPSA) is 98.7 Å². The number of halogens is 1. The van der Waals surface area contributed by atoms with Crippen LogP contribution in [0.4, 0.5) is 4.39 Å². The molecule has 0 unspecified atom stereocenters. The van der Waals surface area contributed by atoms with E-state index in [9.17, 15) is 23.9 Å². The maximum atomic E-state index is 13.0. The molecule has 4 rings (SSSR count). The standard InChI is InChI=1S/C21H20FN3O4/c22-14-5-3-13(4-6-14)19(27)23-15-10-18-20(28)24-17(21(29)25(18)11-15)9-12-1-7-16(26)8-2-12/h1-8,15,17-18,26H,9-11H2,(H,23,27)(H,24,28)/t15-,17-,18-/m0/s1. The molecule has 29 heavy (non-hydrogen) atoms. The lowest BCUT2D eigenvalue weighted by molar-refractivity contribution is -0.147. The van der Waals surface area contributed by atoms with E-state index in [0.717, 1.165) is 5.56 Å². The summed E-state index contributed by atoms with van der Waals surface area (Å²) in [7, 11) is 0. The van der Waals surface area contributed by atoms with Crippen molar-refractivity contribution in [2.24, 2.45) is 0 Å². The number of nitrogens with one attached hydrogen (secondary N) is 2. The largest absolute Gasteiger partial charge is 0.508 e. The minimum absolute atomic E-state index is 0.132. The fourth-order valence-corrected chi connectivity index (χ4v) is 3.84. The second-order valence-corrected chi connectivity index (χ2v) is 7.35. The van der Waals surface area contributed by atoms with Gasteiger partial charge in [0.05, 0.1) is 0 Å². The van der Waals surface area contributed by atoms with E-state index in [0.29, 0.717) is 18.4 Å². The smallest absolute Gasteiger partial charge is 0.251 e. The number of fused-ring (bicyclic) bond motifs is 1. The number of aromatic hydroxyl groups is 1. The summed E-state index contributed by atoms with van der Waals surface area (Å²) in [6, 6.07) is 10.0. The molecule has 0 bridgehead atoms. The minimum atomic E-state index is -0.685. The lowest BCUT2D eigenvalue weighted by Gasteiger charge is -2.34. The average Bonchev–Trinajstić information content (AvgIpc) is 3.13. The number of phenolic OH excluding ortho intramolecular Hbond substituents is 1. The van der Waals surface area contributed by atoms with Crippen molar-refractivity contribution >= 4 is 17.7 Å². The highest BCUT2D eigenvalue weighted by Gasteiger charge is 2.46. The molecule has 150 valence electrons. The molecule has 0 aliphatic carbocycles. The highest BCUT2D eigenvalue weighted by atomic mass is 19.1. The van der Waals surface area contributed by atoms with Crippen molar-refractivity contribution in [3.05, 3.63) is 65.5 Å². The van der Waals surface area contributed by atoms with Gasteiger partial charge in [0.2, 0.25) is 11.8 Å². The molecule has 2 aliphatic rings. The summed E-state index contributed by atoms with van der Waals surface area (Å²) in [6.07, 6.45) is 0.650. The van der Waals surface area contributed by atoms with Crippen LogP contribution in [-0.4, -0.2) is 52.4 Å². The molecule has 2 heterocycles. The fourth-order valence-electron chi connectivity index (χ4n) is 3.84. The molecule has 0 aromatic heterocycles. The quantitative estimate of drug-likeness (QED) is 0.716. The number of carbonyl (C=O) groups is 3. The van der Waals surface area contributed by atoms with E-state index in [4.69, 9.17) is 0 Å². The molecule has 8 heteroatoms. The number of nitrogens with zero attached hydrogens (tertiary/aromatic N) is 1. The predicted octanol–water partition coefficient (Wildman–Crippen LogP) is 0.972. The van der Waals surface area contributed by atoms with Crippen molar-refractivity contribution in [3.8, 4) is 5.75 Å². The number of rotatable bonds is 4. The van der Waals surface area contributed by atoms with Crippen LogP contribution in [0, 0.1) is 5.82 Å². The average molecular weight is 397 g/mol. The van der Waals surface area contributed by atoms with Gasteiger partial charge in [-0.3, -0.25) is 14.4 Å². The zero-order valence-electron chi connectivity index (χ0n) is 15.5. The summed E-state index contributed by atoms with van der Waals surface area (Å²) in [5.74, 6) is -1.11. The Balaban J connectivity index is 1.42. The van der Waals surface area contributed by atoms with Gasteiger partial charge in [-0.25, -0.2) is 4.39 Å². The Morgan fingerprint density at radius 2 is 1.83 bits per heavy atom. The summed E-state index contributed by atoms with van der Waals surface area (Å²) in [6.45, 7) is 0.246. The van der Waals surface area contributed by atoms with E-state index in [-0.39, 0.29) is 36.1 Å². The molecule has 0 spiro atoms. The van der Waals surface area contributed by atoms with Crippen molar-refractivity contribution in [3.63, 3.8) is 0 Å². The summed E-state index contributed by atoms with van der Waals surface area (Å²) in [5.41, 5.74) is 1.14. The molecule has 2 aliphatic heterocycles. The molecule has 3 N–H and O–H groups in total. The Morgan fingerprint density at radius 3 is 2.52 bits per heavy atom. The van der Waals surface area contributed by atoms with E-state index < -0.39 is 17.9 Å². The van der Waals surface area contributed by atoms with Crippen LogP contribution >= 0.6 is 0 Å². The zero-order valence-corrected chi connectivity index (χ0v) is 15.5. The Kier molecular flexibility index (Phi) is 4.92. The third-order valence-electron chi connectivity index (χ3n) is 5.32. The van der Waals surface area contributed by atoms with Gasteiger partial charge in [0.1, 0.15) is 23.7 Å². The van der Waals surface area contributed by atoms with Gasteiger partial charge in [0, 0.05) is 24.6 Å². The van der Waals surface area contributed by atoms with E-state index in [1.807, 2.05) is 0 Å². The lowest BCUT2D eigenvalue weighted by Crippen LogP contribution is -2.61. The minimum Gasteiger partial charge on any atom is -0.508 e. The summed E-state index contributed by atoms with van der Waals surface area (Å²) < 4.78 is 13.0. The number of hydrogen-bond donors (Lipinski definition) is 3. The van der Waals surface area contributed by atoms with Crippen LogP contribution in [0.1, 0.15) is 22.3 Å². The molecular formula is C21H20FN3O4. The molecule has 2 saturated heterocycles. The lowest BCUT2D eigenvalue weighted by atomic mass is 10.0. The van der Waals surface area contributed by atoms with E-state index >= 15 is 0 Å². The van der Waals surface area contributed by atoms with Crippen molar-refractivity contribution in [1.82, 2.24) is 15.5 Å². The first-order valence-corrected chi connectivity index (χ1v) is 9.36. The molecule has 3 atom stereocenters. The first-order valence-electron chi connectivity index (χ1n) is 9.36. The highest BCUT2D eigenvalue weighted by molar-refractivity contribution is 5.98. The second kappa shape index (κ2) is 7.54. The summed E-state index contributed by atoms with van der Waals surface area (Å²) in [4.78, 5) is 39.3.